The molecule has 0 aliphatic rings. The quantitative estimate of drug-likeness (QED) is 0.583. The third kappa shape index (κ3) is 5.04. The lowest BCUT2D eigenvalue weighted by Crippen LogP contribution is -3.10. The van der Waals surface area contributed by atoms with Crippen LogP contribution in [0.2, 0.25) is 0 Å². The highest BCUT2D eigenvalue weighted by Gasteiger charge is 2.22. The van der Waals surface area contributed by atoms with E-state index in [1.54, 1.807) is 34.4 Å². The maximum absolute atomic E-state index is 12.6. The maximum Gasteiger partial charge on any atom is 0.279 e. The molecule has 3 aromatic rings. The van der Waals surface area contributed by atoms with Crippen LogP contribution in [0.5, 0.6) is 0 Å². The van der Waals surface area contributed by atoms with Crippen LogP contribution in [0.4, 0.5) is 5.69 Å². The molecule has 6 nitrogen and oxygen atoms in total. The second-order valence-electron chi connectivity index (χ2n) is 7.37. The summed E-state index contributed by atoms with van der Waals surface area (Å²) in [5, 5.41) is 3.95. The van der Waals surface area contributed by atoms with E-state index in [4.69, 9.17) is 4.98 Å². The topological polar surface area (TPSA) is 66.7 Å². The van der Waals surface area contributed by atoms with Gasteiger partial charge in [-0.15, -0.1) is 11.3 Å². The van der Waals surface area contributed by atoms with Crippen LogP contribution in [-0.2, 0) is 4.79 Å². The minimum Gasteiger partial charge on any atom is -0.339 e. The van der Waals surface area contributed by atoms with Crippen LogP contribution in [0, 0.1) is 0 Å². The maximum atomic E-state index is 12.6. The number of aromatic nitrogens is 1. The lowest BCUT2D eigenvalue weighted by Gasteiger charge is -2.20. The number of nitrogens with one attached hydrogen (secondary N) is 2. The molecule has 1 aromatic heterocycles. The fourth-order valence-electron chi connectivity index (χ4n) is 3.32. The number of quaternary nitrogens is 1. The molecule has 7 heteroatoms. The van der Waals surface area contributed by atoms with E-state index < -0.39 is 0 Å². The van der Waals surface area contributed by atoms with Crippen molar-refractivity contribution in [3.8, 4) is 0 Å². The molecular formula is C23H29N4O2S+. The first-order valence-electron chi connectivity index (χ1n) is 10.3. The Bertz CT molecular complexity index is 996. The Labute approximate surface area is 181 Å². The number of hydrogen-bond donors (Lipinski definition) is 2. The van der Waals surface area contributed by atoms with Crippen molar-refractivity contribution in [2.24, 2.45) is 0 Å². The summed E-state index contributed by atoms with van der Waals surface area (Å²) in [6, 6.07) is 15.3. The molecule has 1 unspecified atom stereocenters. The molecule has 0 saturated heterocycles. The van der Waals surface area contributed by atoms with Crippen LogP contribution < -0.4 is 10.2 Å². The van der Waals surface area contributed by atoms with Gasteiger partial charge in [0, 0.05) is 24.3 Å². The third-order valence-corrected chi connectivity index (χ3v) is 6.52. The molecule has 0 aliphatic heterocycles. The van der Waals surface area contributed by atoms with Gasteiger partial charge in [-0.25, -0.2) is 4.98 Å². The first-order chi connectivity index (χ1) is 14.4. The molecule has 1 heterocycles. The van der Waals surface area contributed by atoms with E-state index in [0.29, 0.717) is 30.9 Å². The minimum absolute atomic E-state index is 0.0247. The number of para-hydroxylation sites is 1. The molecule has 2 atom stereocenters. The number of amides is 2. The zero-order valence-electron chi connectivity index (χ0n) is 17.9. The van der Waals surface area contributed by atoms with Crippen LogP contribution >= 0.6 is 11.3 Å². The normalized spacial score (nSPS) is 13.1. The van der Waals surface area contributed by atoms with Crippen LogP contribution in [0.25, 0.3) is 10.2 Å². The highest BCUT2D eigenvalue weighted by molar-refractivity contribution is 7.18. The van der Waals surface area contributed by atoms with E-state index in [1.165, 1.54) is 0 Å². The van der Waals surface area contributed by atoms with Crippen LogP contribution in [-0.4, -0.2) is 48.4 Å². The Morgan fingerprint density at radius 3 is 2.57 bits per heavy atom. The molecule has 2 N–H and O–H groups in total. The number of fused-ring (bicyclic) bond motifs is 1. The molecule has 30 heavy (non-hydrogen) atoms. The number of carbonyl (C=O) groups excluding carboxylic acids is 2. The number of nitrogens with zero attached hydrogens (tertiary/aromatic N) is 2. The van der Waals surface area contributed by atoms with Crippen molar-refractivity contribution in [2.45, 2.75) is 26.8 Å². The predicted molar refractivity (Wildman–Crippen MR) is 122 cm³/mol. The van der Waals surface area contributed by atoms with Crippen molar-refractivity contribution < 1.29 is 14.5 Å². The number of carbonyl (C=O) groups is 2. The second kappa shape index (κ2) is 9.82. The molecule has 0 fully saturated rings. The molecule has 0 saturated carbocycles. The van der Waals surface area contributed by atoms with Crippen molar-refractivity contribution in [3.05, 3.63) is 59.1 Å². The van der Waals surface area contributed by atoms with Crippen molar-refractivity contribution in [1.29, 1.82) is 0 Å². The zero-order valence-corrected chi connectivity index (χ0v) is 18.8. The Balaban J connectivity index is 1.63. The van der Waals surface area contributed by atoms with Gasteiger partial charge in [0.1, 0.15) is 6.04 Å². The monoisotopic (exact) mass is 425 g/mol. The fraction of sp³-hybridized carbons (Fsp3) is 0.348. The number of hydrogen-bond acceptors (Lipinski definition) is 4. The average Bonchev–Trinajstić information content (AvgIpc) is 3.18. The smallest absolute Gasteiger partial charge is 0.279 e. The minimum atomic E-state index is -0.0899. The predicted octanol–water partition coefficient (Wildman–Crippen LogP) is 2.99. The molecule has 0 aliphatic carbocycles. The van der Waals surface area contributed by atoms with Gasteiger partial charge in [0.25, 0.3) is 11.8 Å². The lowest BCUT2D eigenvalue weighted by atomic mass is 10.1. The number of anilines is 1. The summed E-state index contributed by atoms with van der Waals surface area (Å²) in [7, 11) is 2.00. The Morgan fingerprint density at radius 2 is 1.87 bits per heavy atom. The van der Waals surface area contributed by atoms with Crippen molar-refractivity contribution in [3.63, 3.8) is 0 Å². The summed E-state index contributed by atoms with van der Waals surface area (Å²) >= 11 is 1.67. The Morgan fingerprint density at radius 1 is 1.13 bits per heavy atom. The number of benzene rings is 2. The SMILES string of the molecule is CCN(CC)C(=O)c1cccc(NC(=O)C[NH+](C)[C@@H](C)c2nc3ccccc3s2)c1. The number of likely N-dealkylation sites (N-methyl/N-ethyl adjacent to an activating group) is 1. The van der Waals surface area contributed by atoms with Gasteiger partial charge in [-0.05, 0) is 51.1 Å². The highest BCUT2D eigenvalue weighted by atomic mass is 32.1. The zero-order chi connectivity index (χ0) is 21.7. The lowest BCUT2D eigenvalue weighted by molar-refractivity contribution is -0.902. The van der Waals surface area contributed by atoms with Gasteiger partial charge < -0.3 is 15.1 Å². The summed E-state index contributed by atoms with van der Waals surface area (Å²) in [5.74, 6) is -0.115. The van der Waals surface area contributed by atoms with E-state index in [1.807, 2.05) is 45.2 Å². The third-order valence-electron chi connectivity index (χ3n) is 5.30. The van der Waals surface area contributed by atoms with Gasteiger partial charge in [0.05, 0.1) is 17.3 Å². The number of rotatable bonds is 8. The van der Waals surface area contributed by atoms with E-state index >= 15 is 0 Å². The molecule has 0 spiro atoms. The molecule has 2 aromatic carbocycles. The van der Waals surface area contributed by atoms with Crippen molar-refractivity contribution >= 4 is 39.1 Å². The van der Waals surface area contributed by atoms with E-state index in [-0.39, 0.29) is 17.9 Å². The second-order valence-corrected chi connectivity index (χ2v) is 8.43. The van der Waals surface area contributed by atoms with Crippen LogP contribution in [0.1, 0.15) is 42.2 Å². The molecule has 0 bridgehead atoms. The molecule has 3 rings (SSSR count). The van der Waals surface area contributed by atoms with E-state index in [2.05, 4.69) is 18.3 Å². The van der Waals surface area contributed by atoms with Gasteiger partial charge >= 0.3 is 0 Å². The highest BCUT2D eigenvalue weighted by Crippen LogP contribution is 2.24. The summed E-state index contributed by atoms with van der Waals surface area (Å²) in [4.78, 5) is 32.7. The van der Waals surface area contributed by atoms with Gasteiger partial charge in [-0.1, -0.05) is 18.2 Å². The largest absolute Gasteiger partial charge is 0.339 e. The van der Waals surface area contributed by atoms with Gasteiger partial charge in [0.2, 0.25) is 0 Å². The first-order valence-corrected chi connectivity index (χ1v) is 11.1. The van der Waals surface area contributed by atoms with Gasteiger partial charge in [-0.2, -0.15) is 0 Å². The van der Waals surface area contributed by atoms with Crippen molar-refractivity contribution in [1.82, 2.24) is 9.88 Å². The van der Waals surface area contributed by atoms with E-state index in [0.717, 1.165) is 20.1 Å². The molecular weight excluding hydrogens is 396 g/mol. The van der Waals surface area contributed by atoms with E-state index in [9.17, 15) is 9.59 Å². The Hall–Kier alpha value is -2.77. The standard InChI is InChI=1S/C23H28N4O2S/c1-5-27(6-2)23(29)17-10-9-11-18(14-17)24-21(28)15-26(4)16(3)22-25-19-12-7-8-13-20(19)30-22/h7-14,16H,5-6,15H2,1-4H3,(H,24,28)/p+1/t16-/m0/s1. The molecule has 0 radical (unpaired) electrons. The Kier molecular flexibility index (Phi) is 7.18. The summed E-state index contributed by atoms with van der Waals surface area (Å²) in [6.45, 7) is 7.62. The van der Waals surface area contributed by atoms with Crippen LogP contribution in [0.15, 0.2) is 48.5 Å². The molecule has 2 amide bonds. The van der Waals surface area contributed by atoms with Gasteiger partial charge in [-0.3, -0.25) is 9.59 Å². The first kappa shape index (κ1) is 21.9. The van der Waals surface area contributed by atoms with Crippen molar-refractivity contribution in [2.75, 3.05) is 32.0 Å². The molecule has 158 valence electrons. The number of thiazole rings is 1. The average molecular weight is 426 g/mol. The van der Waals surface area contributed by atoms with Gasteiger partial charge in [0.15, 0.2) is 11.6 Å². The van der Waals surface area contributed by atoms with Crippen LogP contribution in [0.3, 0.4) is 0 Å². The fourth-order valence-corrected chi connectivity index (χ4v) is 4.43. The summed E-state index contributed by atoms with van der Waals surface area (Å²) in [5.41, 5.74) is 2.22. The summed E-state index contributed by atoms with van der Waals surface area (Å²) < 4.78 is 1.16. The summed E-state index contributed by atoms with van der Waals surface area (Å²) in [6.07, 6.45) is 0.